The third-order valence-electron chi connectivity index (χ3n) is 5.20. The summed E-state index contributed by atoms with van der Waals surface area (Å²) in [6.45, 7) is 0. The zero-order valence-electron chi connectivity index (χ0n) is 17.7. The number of aromatic nitrogens is 2. The number of aliphatic hydroxyl groups excluding tert-OH is 1. The molecule has 0 bridgehead atoms. The van der Waals surface area contributed by atoms with Gasteiger partial charge in [-0.25, -0.2) is 9.97 Å². The number of amides is 1. The second-order valence-electron chi connectivity index (χ2n) is 7.27. The van der Waals surface area contributed by atoms with Crippen LogP contribution in [-0.2, 0) is 6.18 Å². The van der Waals surface area contributed by atoms with Crippen molar-refractivity contribution in [1.29, 1.82) is 0 Å². The van der Waals surface area contributed by atoms with Gasteiger partial charge in [0.1, 0.15) is 17.1 Å². The number of benzene rings is 1. The average Bonchev–Trinajstić information content (AvgIpc) is 3.23. The Balaban J connectivity index is 0.00000141. The van der Waals surface area contributed by atoms with Crippen molar-refractivity contribution < 1.29 is 27.8 Å². The van der Waals surface area contributed by atoms with Crippen LogP contribution in [0.1, 0.15) is 59.2 Å². The molecule has 1 aromatic carbocycles. The molecule has 1 saturated carbocycles. The Morgan fingerprint density at radius 2 is 1.88 bits per heavy atom. The maximum absolute atomic E-state index is 12.9. The van der Waals surface area contributed by atoms with E-state index in [1.54, 1.807) is 23.5 Å². The van der Waals surface area contributed by atoms with Gasteiger partial charge in [-0.05, 0) is 31.0 Å². The molecule has 1 aliphatic carbocycles. The number of rotatable bonds is 4. The van der Waals surface area contributed by atoms with Crippen molar-refractivity contribution in [2.75, 3.05) is 19.5 Å². The molecule has 0 spiro atoms. The molecule has 1 amide bonds. The number of carbonyl (C=O) groups excluding carboxylic acids is 1. The van der Waals surface area contributed by atoms with Gasteiger partial charge in [0.05, 0.1) is 28.0 Å². The molecule has 4 rings (SSSR count). The summed E-state index contributed by atoms with van der Waals surface area (Å²) in [5.74, 6) is 0.105. The van der Waals surface area contributed by atoms with Crippen molar-refractivity contribution in [2.24, 2.45) is 0 Å². The fourth-order valence-electron chi connectivity index (χ4n) is 3.67. The number of nitrogens with one attached hydrogen (secondary N) is 1. The second-order valence-corrected chi connectivity index (χ2v) is 8.33. The summed E-state index contributed by atoms with van der Waals surface area (Å²) in [6.07, 6.45) is 1.30. The minimum Gasteiger partial charge on any atom is -0.494 e. The largest absolute Gasteiger partial charge is 0.494 e. The van der Waals surface area contributed by atoms with Gasteiger partial charge in [-0.1, -0.05) is 25.3 Å². The minimum absolute atomic E-state index is 0.320. The molecular formula is C22H24F3N3O3S. The number of fused-ring (bicyclic) bond motifs is 1. The number of ether oxygens (including phenoxy) is 1. The Morgan fingerprint density at radius 1 is 1.16 bits per heavy atom. The van der Waals surface area contributed by atoms with E-state index in [4.69, 9.17) is 14.8 Å². The standard InChI is InChI=1S/C21H20F3N3O2S.CH4O/c1-29-16-10-15-17(30-20(27-15)12-6-3-2-4-7-12)11-14(16)26-19(28)13-8-5-9-18(25-13)21(22,23)24;1-2/h5,8-12H,2-4,6-7H2,1H3,(H,26,28);2H,1H3. The molecule has 1 aliphatic rings. The average molecular weight is 468 g/mol. The van der Waals surface area contributed by atoms with Gasteiger partial charge in [-0.2, -0.15) is 13.2 Å². The molecule has 1 fully saturated rings. The fourth-order valence-corrected chi connectivity index (χ4v) is 4.83. The van der Waals surface area contributed by atoms with Crippen LogP contribution >= 0.6 is 11.3 Å². The normalized spacial score (nSPS) is 14.6. The van der Waals surface area contributed by atoms with Crippen LogP contribution in [0, 0.1) is 0 Å². The van der Waals surface area contributed by atoms with Gasteiger partial charge in [0, 0.05) is 19.1 Å². The van der Waals surface area contributed by atoms with Gasteiger partial charge in [-0.3, -0.25) is 4.79 Å². The lowest BCUT2D eigenvalue weighted by Crippen LogP contribution is -2.17. The third-order valence-corrected chi connectivity index (χ3v) is 6.38. The Kier molecular flexibility index (Phi) is 7.68. The minimum atomic E-state index is -4.62. The molecule has 0 aliphatic heterocycles. The zero-order chi connectivity index (χ0) is 23.3. The number of anilines is 1. The Hall–Kier alpha value is -2.72. The lowest BCUT2D eigenvalue weighted by molar-refractivity contribution is -0.141. The van der Waals surface area contributed by atoms with E-state index in [1.165, 1.54) is 32.4 Å². The summed E-state index contributed by atoms with van der Waals surface area (Å²) >= 11 is 1.58. The summed E-state index contributed by atoms with van der Waals surface area (Å²) < 4.78 is 44.9. The highest BCUT2D eigenvalue weighted by molar-refractivity contribution is 7.18. The highest BCUT2D eigenvalue weighted by Gasteiger charge is 2.33. The predicted molar refractivity (Wildman–Crippen MR) is 117 cm³/mol. The molecular weight excluding hydrogens is 443 g/mol. The van der Waals surface area contributed by atoms with E-state index in [0.717, 1.165) is 47.3 Å². The second kappa shape index (κ2) is 10.3. The molecule has 32 heavy (non-hydrogen) atoms. The van der Waals surface area contributed by atoms with E-state index < -0.39 is 17.8 Å². The number of halogens is 3. The van der Waals surface area contributed by atoms with E-state index >= 15 is 0 Å². The van der Waals surface area contributed by atoms with Crippen molar-refractivity contribution in [1.82, 2.24) is 9.97 Å². The van der Waals surface area contributed by atoms with Crippen LogP contribution < -0.4 is 10.1 Å². The molecule has 3 aromatic rings. The van der Waals surface area contributed by atoms with Crippen LogP contribution in [0.2, 0.25) is 0 Å². The number of aliphatic hydroxyl groups is 1. The maximum atomic E-state index is 12.9. The van der Waals surface area contributed by atoms with Gasteiger partial charge in [0.15, 0.2) is 0 Å². The van der Waals surface area contributed by atoms with Crippen LogP contribution in [0.25, 0.3) is 10.2 Å². The number of nitrogens with zero attached hydrogens (tertiary/aromatic N) is 2. The van der Waals surface area contributed by atoms with Crippen molar-refractivity contribution in [2.45, 2.75) is 44.2 Å². The first-order valence-electron chi connectivity index (χ1n) is 10.1. The van der Waals surface area contributed by atoms with E-state index in [1.807, 2.05) is 0 Å². The van der Waals surface area contributed by atoms with Crippen molar-refractivity contribution >= 4 is 33.1 Å². The number of thiazole rings is 1. The van der Waals surface area contributed by atoms with Gasteiger partial charge in [-0.15, -0.1) is 11.3 Å². The summed E-state index contributed by atoms with van der Waals surface area (Å²) in [6, 6.07) is 6.72. The molecule has 2 heterocycles. The predicted octanol–water partition coefficient (Wildman–Crippen LogP) is 5.63. The van der Waals surface area contributed by atoms with Crippen LogP contribution in [-0.4, -0.2) is 35.2 Å². The molecule has 0 atom stereocenters. The number of hydrogen-bond donors (Lipinski definition) is 2. The maximum Gasteiger partial charge on any atom is 0.433 e. The number of hydrogen-bond acceptors (Lipinski definition) is 6. The molecule has 0 saturated heterocycles. The number of pyridine rings is 1. The van der Waals surface area contributed by atoms with Gasteiger partial charge in [0.2, 0.25) is 0 Å². The number of methoxy groups -OCH3 is 1. The first kappa shape index (κ1) is 23.9. The van der Waals surface area contributed by atoms with Crippen LogP contribution in [0.5, 0.6) is 5.75 Å². The SMILES string of the molecule is CO.COc1cc2nc(C3CCCCC3)sc2cc1NC(=O)c1cccc(C(F)(F)F)n1. The quantitative estimate of drug-likeness (QED) is 0.520. The highest BCUT2D eigenvalue weighted by atomic mass is 32.1. The Morgan fingerprint density at radius 3 is 2.53 bits per heavy atom. The lowest BCUT2D eigenvalue weighted by atomic mass is 9.90. The highest BCUT2D eigenvalue weighted by Crippen LogP contribution is 2.39. The van der Waals surface area contributed by atoms with Crippen molar-refractivity contribution in [3.8, 4) is 5.75 Å². The van der Waals surface area contributed by atoms with E-state index in [0.29, 0.717) is 17.4 Å². The molecule has 172 valence electrons. The van der Waals surface area contributed by atoms with Gasteiger partial charge >= 0.3 is 6.18 Å². The zero-order valence-corrected chi connectivity index (χ0v) is 18.5. The molecule has 0 radical (unpaired) electrons. The lowest BCUT2D eigenvalue weighted by Gasteiger charge is -2.18. The first-order valence-corrected chi connectivity index (χ1v) is 11.0. The van der Waals surface area contributed by atoms with Crippen molar-refractivity contribution in [3.05, 3.63) is 46.7 Å². The third kappa shape index (κ3) is 5.36. The topological polar surface area (TPSA) is 84.3 Å². The number of carbonyl (C=O) groups is 1. The summed E-state index contributed by atoms with van der Waals surface area (Å²) in [4.78, 5) is 20.7. The Bertz CT molecular complexity index is 1080. The van der Waals surface area contributed by atoms with E-state index in [2.05, 4.69) is 10.3 Å². The van der Waals surface area contributed by atoms with Gasteiger partial charge in [0.25, 0.3) is 5.91 Å². The molecule has 0 unspecified atom stereocenters. The molecule has 6 nitrogen and oxygen atoms in total. The van der Waals surface area contributed by atoms with E-state index in [9.17, 15) is 18.0 Å². The summed E-state index contributed by atoms with van der Waals surface area (Å²) in [5, 5.41) is 10.7. The van der Waals surface area contributed by atoms with Crippen LogP contribution in [0.15, 0.2) is 30.3 Å². The first-order chi connectivity index (χ1) is 15.3. The monoisotopic (exact) mass is 467 g/mol. The Labute approximate surface area is 187 Å². The van der Waals surface area contributed by atoms with E-state index in [-0.39, 0.29) is 5.69 Å². The smallest absolute Gasteiger partial charge is 0.433 e. The summed E-state index contributed by atoms with van der Waals surface area (Å²) in [7, 11) is 2.47. The summed E-state index contributed by atoms with van der Waals surface area (Å²) in [5.41, 5.74) is -0.281. The molecule has 10 heteroatoms. The molecule has 2 N–H and O–H groups in total. The number of alkyl halides is 3. The molecule has 2 aromatic heterocycles. The van der Waals surface area contributed by atoms with Crippen molar-refractivity contribution in [3.63, 3.8) is 0 Å². The van der Waals surface area contributed by atoms with Crippen LogP contribution in [0.3, 0.4) is 0 Å². The fraction of sp³-hybridized carbons (Fsp3) is 0.409. The van der Waals surface area contributed by atoms with Crippen LogP contribution in [0.4, 0.5) is 18.9 Å². The van der Waals surface area contributed by atoms with Gasteiger partial charge < -0.3 is 15.2 Å².